The molecule has 1 atom stereocenters. The molecule has 1 fully saturated rings. The van der Waals surface area contributed by atoms with Gasteiger partial charge in [0.15, 0.2) is 11.5 Å². The number of aryl methyl sites for hydroxylation is 1. The Morgan fingerprint density at radius 2 is 2.15 bits per heavy atom. The van der Waals surface area contributed by atoms with Gasteiger partial charge in [0.05, 0.1) is 0 Å². The van der Waals surface area contributed by atoms with Crippen molar-refractivity contribution in [3.05, 3.63) is 23.8 Å². The van der Waals surface area contributed by atoms with Crippen molar-refractivity contribution in [2.24, 2.45) is 12.5 Å². The van der Waals surface area contributed by atoms with Crippen molar-refractivity contribution >= 4 is 17.7 Å². The van der Waals surface area contributed by atoms with E-state index in [2.05, 4.69) is 34.6 Å². The predicted octanol–water partition coefficient (Wildman–Crippen LogP) is 1.90. The second-order valence-corrected chi connectivity index (χ2v) is 8.49. The first-order chi connectivity index (χ1) is 13.0. The highest BCUT2D eigenvalue weighted by atomic mass is 32.2. The fraction of sp³-hybridized carbons (Fsp3) is 0.556. The van der Waals surface area contributed by atoms with E-state index in [0.29, 0.717) is 13.0 Å². The summed E-state index contributed by atoms with van der Waals surface area (Å²) in [5, 5.41) is 12.2. The van der Waals surface area contributed by atoms with E-state index in [4.69, 9.17) is 9.47 Å². The first-order valence-electron chi connectivity index (χ1n) is 9.04. The molecular formula is C18H23N5O3S. The lowest BCUT2D eigenvalue weighted by atomic mass is 9.76. The quantitative estimate of drug-likeness (QED) is 0.698. The summed E-state index contributed by atoms with van der Waals surface area (Å²) in [5.41, 5.74) is 1.27. The second kappa shape index (κ2) is 7.38. The Labute approximate surface area is 162 Å². The third-order valence-electron chi connectivity index (χ3n) is 5.11. The lowest BCUT2D eigenvalue weighted by molar-refractivity contribution is -0.136. The summed E-state index contributed by atoms with van der Waals surface area (Å²) in [6.45, 7) is 4.01. The molecule has 1 saturated heterocycles. The van der Waals surface area contributed by atoms with Crippen LogP contribution in [-0.4, -0.2) is 56.6 Å². The topological polar surface area (TPSA) is 82.4 Å². The van der Waals surface area contributed by atoms with Crippen molar-refractivity contribution in [2.45, 2.75) is 31.3 Å². The van der Waals surface area contributed by atoms with Gasteiger partial charge < -0.3 is 14.4 Å². The first-order valence-corrected chi connectivity index (χ1v) is 10.0. The highest BCUT2D eigenvalue weighted by molar-refractivity contribution is 7.99. The molecule has 2 aromatic rings. The maximum Gasteiger partial charge on any atom is 0.231 e. The molecule has 1 aromatic carbocycles. The summed E-state index contributed by atoms with van der Waals surface area (Å²) in [5.74, 6) is 2.63. The molecule has 0 spiro atoms. The number of piperidine rings is 1. The van der Waals surface area contributed by atoms with Crippen LogP contribution in [0.4, 0.5) is 0 Å². The normalized spacial score (nSPS) is 21.7. The van der Waals surface area contributed by atoms with Crippen LogP contribution in [0.5, 0.6) is 11.5 Å². The van der Waals surface area contributed by atoms with Gasteiger partial charge in [0.25, 0.3) is 0 Å². The number of carbonyl (C=O) groups excluding carboxylic acids is 1. The maximum absolute atomic E-state index is 12.4. The van der Waals surface area contributed by atoms with Gasteiger partial charge in [-0.05, 0) is 46.4 Å². The minimum atomic E-state index is 0.0542. The molecule has 0 unspecified atom stereocenters. The van der Waals surface area contributed by atoms with Gasteiger partial charge in [-0.3, -0.25) is 4.79 Å². The number of rotatable bonds is 6. The maximum atomic E-state index is 12.4. The Hall–Kier alpha value is -2.29. The van der Waals surface area contributed by atoms with E-state index in [0.717, 1.165) is 41.8 Å². The van der Waals surface area contributed by atoms with Gasteiger partial charge in [-0.25, -0.2) is 4.68 Å². The monoisotopic (exact) mass is 389 g/mol. The summed E-state index contributed by atoms with van der Waals surface area (Å²) in [6.07, 6.45) is 2.40. The van der Waals surface area contributed by atoms with Gasteiger partial charge in [-0.2, -0.15) is 0 Å². The number of hydrogen-bond acceptors (Lipinski definition) is 7. The number of fused-ring (bicyclic) bond motifs is 1. The zero-order valence-electron chi connectivity index (χ0n) is 15.6. The average molecular weight is 389 g/mol. The number of hydrogen-bond donors (Lipinski definition) is 0. The third kappa shape index (κ3) is 4.02. The molecule has 4 rings (SSSR count). The van der Waals surface area contributed by atoms with Gasteiger partial charge in [0, 0.05) is 32.3 Å². The van der Waals surface area contributed by atoms with Crippen molar-refractivity contribution in [1.29, 1.82) is 0 Å². The molecule has 3 heterocycles. The van der Waals surface area contributed by atoms with Crippen LogP contribution in [0.1, 0.15) is 25.3 Å². The fourth-order valence-electron chi connectivity index (χ4n) is 3.68. The van der Waals surface area contributed by atoms with E-state index in [-0.39, 0.29) is 18.1 Å². The van der Waals surface area contributed by atoms with Crippen LogP contribution in [0.15, 0.2) is 23.4 Å². The summed E-state index contributed by atoms with van der Waals surface area (Å²) in [6, 6.07) is 6.13. The standard InChI is InChI=1S/C18H23N5O3S/c1-18(10-13-3-4-14-15(9-13)26-12-25-14)6-5-16(24)23(11-18)7-8-27-17-19-20-21-22(17)2/h3-4,9H,5-8,10-12H2,1-2H3/t18-/m0/s1. The molecule has 0 aliphatic carbocycles. The molecule has 1 aromatic heterocycles. The molecule has 0 bridgehead atoms. The number of benzene rings is 1. The third-order valence-corrected chi connectivity index (χ3v) is 6.10. The van der Waals surface area contributed by atoms with E-state index in [1.807, 2.05) is 18.0 Å². The van der Waals surface area contributed by atoms with E-state index in [1.165, 1.54) is 5.56 Å². The SMILES string of the molecule is Cn1nnnc1SCCN1C[C@](C)(Cc2ccc3c(c2)OCO3)CCC1=O. The lowest BCUT2D eigenvalue weighted by Gasteiger charge is -2.40. The summed E-state index contributed by atoms with van der Waals surface area (Å²) in [4.78, 5) is 14.4. The summed E-state index contributed by atoms with van der Waals surface area (Å²) < 4.78 is 12.5. The molecular weight excluding hydrogens is 366 g/mol. The highest BCUT2D eigenvalue weighted by Crippen LogP contribution is 2.38. The van der Waals surface area contributed by atoms with Crippen molar-refractivity contribution in [2.75, 3.05) is 25.6 Å². The van der Waals surface area contributed by atoms with Gasteiger partial charge in [0.1, 0.15) is 0 Å². The zero-order chi connectivity index (χ0) is 18.9. The van der Waals surface area contributed by atoms with Crippen LogP contribution >= 0.6 is 11.8 Å². The van der Waals surface area contributed by atoms with E-state index >= 15 is 0 Å². The second-order valence-electron chi connectivity index (χ2n) is 7.42. The molecule has 0 radical (unpaired) electrons. The number of amides is 1. The van der Waals surface area contributed by atoms with E-state index in [1.54, 1.807) is 16.4 Å². The molecule has 2 aliphatic heterocycles. The number of carbonyl (C=O) groups is 1. The van der Waals surface area contributed by atoms with Gasteiger partial charge in [-0.15, -0.1) is 5.10 Å². The summed E-state index contributed by atoms with van der Waals surface area (Å²) in [7, 11) is 1.82. The Morgan fingerprint density at radius 3 is 2.96 bits per heavy atom. The largest absolute Gasteiger partial charge is 0.454 e. The number of tetrazole rings is 1. The Balaban J connectivity index is 1.37. The molecule has 27 heavy (non-hydrogen) atoms. The number of thioether (sulfide) groups is 1. The Morgan fingerprint density at radius 1 is 1.30 bits per heavy atom. The molecule has 0 saturated carbocycles. The smallest absolute Gasteiger partial charge is 0.231 e. The lowest BCUT2D eigenvalue weighted by Crippen LogP contribution is -2.47. The molecule has 8 nitrogen and oxygen atoms in total. The number of ether oxygens (including phenoxy) is 2. The Bertz CT molecular complexity index is 842. The molecule has 9 heteroatoms. The van der Waals surface area contributed by atoms with Crippen LogP contribution in [0, 0.1) is 5.41 Å². The molecule has 144 valence electrons. The minimum absolute atomic E-state index is 0.0542. The zero-order valence-corrected chi connectivity index (χ0v) is 16.4. The van der Waals surface area contributed by atoms with Crippen LogP contribution in [-0.2, 0) is 18.3 Å². The summed E-state index contributed by atoms with van der Waals surface area (Å²) >= 11 is 1.57. The number of likely N-dealkylation sites (tertiary alicyclic amines) is 1. The Kier molecular flexibility index (Phi) is 4.94. The van der Waals surface area contributed by atoms with Gasteiger partial charge in [-0.1, -0.05) is 24.8 Å². The molecule has 2 aliphatic rings. The highest BCUT2D eigenvalue weighted by Gasteiger charge is 2.35. The van der Waals surface area contributed by atoms with Crippen LogP contribution < -0.4 is 9.47 Å². The number of aromatic nitrogens is 4. The average Bonchev–Trinajstić information content (AvgIpc) is 3.27. The predicted molar refractivity (Wildman–Crippen MR) is 99.7 cm³/mol. The van der Waals surface area contributed by atoms with Crippen molar-refractivity contribution in [1.82, 2.24) is 25.1 Å². The number of nitrogens with zero attached hydrogens (tertiary/aromatic N) is 5. The van der Waals surface area contributed by atoms with Gasteiger partial charge in [0.2, 0.25) is 17.9 Å². The fourth-order valence-corrected chi connectivity index (χ4v) is 4.49. The van der Waals surface area contributed by atoms with Crippen LogP contribution in [0.25, 0.3) is 0 Å². The van der Waals surface area contributed by atoms with Gasteiger partial charge >= 0.3 is 0 Å². The van der Waals surface area contributed by atoms with Crippen LogP contribution in [0.2, 0.25) is 0 Å². The molecule has 0 N–H and O–H groups in total. The van der Waals surface area contributed by atoms with Crippen molar-refractivity contribution in [3.8, 4) is 11.5 Å². The van der Waals surface area contributed by atoms with Crippen molar-refractivity contribution < 1.29 is 14.3 Å². The van der Waals surface area contributed by atoms with E-state index < -0.39 is 0 Å². The minimum Gasteiger partial charge on any atom is -0.454 e. The van der Waals surface area contributed by atoms with E-state index in [9.17, 15) is 4.79 Å². The van der Waals surface area contributed by atoms with Crippen LogP contribution in [0.3, 0.4) is 0 Å². The first kappa shape index (κ1) is 18.1. The molecule has 1 amide bonds. The van der Waals surface area contributed by atoms with Crippen molar-refractivity contribution in [3.63, 3.8) is 0 Å².